The first kappa shape index (κ1) is 14.3. The van der Waals surface area contributed by atoms with Crippen LogP contribution < -0.4 is 10.6 Å². The number of hydrogen-bond donors (Lipinski definition) is 2. The van der Waals surface area contributed by atoms with Crippen LogP contribution in [-0.4, -0.2) is 48.4 Å². The molecule has 2 rings (SSSR count). The van der Waals surface area contributed by atoms with Crippen molar-refractivity contribution >= 4 is 11.8 Å². The summed E-state index contributed by atoms with van der Waals surface area (Å²) >= 11 is 0. The molecule has 1 atom stereocenters. The van der Waals surface area contributed by atoms with Crippen molar-refractivity contribution in [1.82, 2.24) is 15.5 Å². The molecule has 1 aliphatic carbocycles. The summed E-state index contributed by atoms with van der Waals surface area (Å²) in [7, 11) is 0. The molecule has 5 heteroatoms. The lowest BCUT2D eigenvalue weighted by molar-refractivity contribution is -0.132. The SMILES string of the molecule is CC(NCCC(=O)N1CCCCC1)C(=O)NC1CC1. The van der Waals surface area contributed by atoms with Gasteiger partial charge < -0.3 is 15.5 Å². The van der Waals surface area contributed by atoms with Crippen LogP contribution in [0.15, 0.2) is 0 Å². The molecular formula is C14H25N3O2. The van der Waals surface area contributed by atoms with E-state index in [4.69, 9.17) is 0 Å². The average Bonchev–Trinajstić information content (AvgIpc) is 3.23. The van der Waals surface area contributed by atoms with Crippen molar-refractivity contribution in [2.24, 2.45) is 0 Å². The number of carbonyl (C=O) groups is 2. The van der Waals surface area contributed by atoms with Crippen LogP contribution in [0, 0.1) is 0 Å². The molecule has 2 amide bonds. The zero-order valence-corrected chi connectivity index (χ0v) is 11.8. The molecule has 1 unspecified atom stereocenters. The van der Waals surface area contributed by atoms with Gasteiger partial charge in [0.25, 0.3) is 0 Å². The number of rotatable bonds is 6. The molecular weight excluding hydrogens is 242 g/mol. The fraction of sp³-hybridized carbons (Fsp3) is 0.857. The summed E-state index contributed by atoms with van der Waals surface area (Å²) in [6.07, 6.45) is 6.18. The van der Waals surface area contributed by atoms with Crippen molar-refractivity contribution in [2.75, 3.05) is 19.6 Å². The van der Waals surface area contributed by atoms with Crippen LogP contribution in [0.2, 0.25) is 0 Å². The highest BCUT2D eigenvalue weighted by Gasteiger charge is 2.25. The standard InChI is InChI=1S/C14H25N3O2/c1-11(14(19)16-12-5-6-12)15-8-7-13(18)17-9-3-2-4-10-17/h11-12,15H,2-10H2,1H3,(H,16,19). The predicted octanol–water partition coefficient (Wildman–Crippen LogP) is 0.646. The van der Waals surface area contributed by atoms with E-state index in [2.05, 4.69) is 10.6 Å². The summed E-state index contributed by atoms with van der Waals surface area (Å²) in [5, 5.41) is 6.08. The molecule has 0 spiro atoms. The maximum atomic E-state index is 11.9. The van der Waals surface area contributed by atoms with E-state index in [0.29, 0.717) is 19.0 Å². The Morgan fingerprint density at radius 3 is 2.53 bits per heavy atom. The van der Waals surface area contributed by atoms with Crippen LogP contribution in [0.25, 0.3) is 0 Å². The van der Waals surface area contributed by atoms with Gasteiger partial charge in [0, 0.05) is 32.1 Å². The van der Waals surface area contributed by atoms with E-state index in [9.17, 15) is 9.59 Å². The summed E-state index contributed by atoms with van der Waals surface area (Å²) in [5.41, 5.74) is 0. The molecule has 0 aromatic carbocycles. The Bertz CT molecular complexity index is 323. The molecule has 2 fully saturated rings. The quantitative estimate of drug-likeness (QED) is 0.742. The van der Waals surface area contributed by atoms with Crippen molar-refractivity contribution < 1.29 is 9.59 Å². The molecule has 19 heavy (non-hydrogen) atoms. The van der Waals surface area contributed by atoms with Crippen molar-refractivity contribution in [1.29, 1.82) is 0 Å². The molecule has 5 nitrogen and oxygen atoms in total. The highest BCUT2D eigenvalue weighted by Crippen LogP contribution is 2.18. The largest absolute Gasteiger partial charge is 0.352 e. The molecule has 1 heterocycles. The minimum Gasteiger partial charge on any atom is -0.352 e. The maximum absolute atomic E-state index is 11.9. The second-order valence-corrected chi connectivity index (χ2v) is 5.65. The van der Waals surface area contributed by atoms with Gasteiger partial charge >= 0.3 is 0 Å². The summed E-state index contributed by atoms with van der Waals surface area (Å²) in [6, 6.07) is 0.182. The zero-order valence-electron chi connectivity index (χ0n) is 11.8. The molecule has 1 aliphatic heterocycles. The van der Waals surface area contributed by atoms with Gasteiger partial charge in [-0.1, -0.05) is 0 Å². The van der Waals surface area contributed by atoms with Gasteiger partial charge in [0.15, 0.2) is 0 Å². The number of amides is 2. The van der Waals surface area contributed by atoms with Gasteiger partial charge in [0.2, 0.25) is 11.8 Å². The first-order valence-electron chi connectivity index (χ1n) is 7.48. The first-order valence-corrected chi connectivity index (χ1v) is 7.48. The summed E-state index contributed by atoms with van der Waals surface area (Å²) in [6.45, 7) is 4.23. The fourth-order valence-corrected chi connectivity index (χ4v) is 2.34. The average molecular weight is 267 g/mol. The third-order valence-electron chi connectivity index (χ3n) is 3.82. The molecule has 1 saturated heterocycles. The predicted molar refractivity (Wildman–Crippen MR) is 73.7 cm³/mol. The summed E-state index contributed by atoms with van der Waals surface area (Å²) in [5.74, 6) is 0.259. The van der Waals surface area contributed by atoms with E-state index in [0.717, 1.165) is 38.8 Å². The third kappa shape index (κ3) is 4.82. The Balaban J connectivity index is 1.59. The van der Waals surface area contributed by atoms with E-state index in [1.54, 1.807) is 0 Å². The minimum atomic E-state index is -0.213. The highest BCUT2D eigenvalue weighted by molar-refractivity contribution is 5.82. The van der Waals surface area contributed by atoms with E-state index in [1.165, 1.54) is 6.42 Å². The Morgan fingerprint density at radius 2 is 1.89 bits per heavy atom. The van der Waals surface area contributed by atoms with Crippen LogP contribution in [0.3, 0.4) is 0 Å². The van der Waals surface area contributed by atoms with Gasteiger partial charge in [-0.2, -0.15) is 0 Å². The van der Waals surface area contributed by atoms with Gasteiger partial charge in [0.1, 0.15) is 0 Å². The normalized spacial score (nSPS) is 21.0. The third-order valence-corrected chi connectivity index (χ3v) is 3.82. The number of nitrogens with one attached hydrogen (secondary N) is 2. The van der Waals surface area contributed by atoms with Crippen molar-refractivity contribution in [3.63, 3.8) is 0 Å². The molecule has 0 aromatic heterocycles. The van der Waals surface area contributed by atoms with Crippen molar-refractivity contribution in [3.8, 4) is 0 Å². The molecule has 1 saturated carbocycles. The number of likely N-dealkylation sites (tertiary alicyclic amines) is 1. The van der Waals surface area contributed by atoms with E-state index in [1.807, 2.05) is 11.8 Å². The summed E-state index contributed by atoms with van der Waals surface area (Å²) < 4.78 is 0. The van der Waals surface area contributed by atoms with Gasteiger partial charge in [-0.15, -0.1) is 0 Å². The Hall–Kier alpha value is -1.10. The lowest BCUT2D eigenvalue weighted by Crippen LogP contribution is -2.44. The lowest BCUT2D eigenvalue weighted by atomic mass is 10.1. The van der Waals surface area contributed by atoms with E-state index < -0.39 is 0 Å². The number of hydrogen-bond acceptors (Lipinski definition) is 3. The van der Waals surface area contributed by atoms with E-state index >= 15 is 0 Å². The Kier molecular flexibility index (Phi) is 5.19. The molecule has 0 bridgehead atoms. The lowest BCUT2D eigenvalue weighted by Gasteiger charge is -2.27. The van der Waals surface area contributed by atoms with Crippen LogP contribution >= 0.6 is 0 Å². The van der Waals surface area contributed by atoms with Crippen LogP contribution in [-0.2, 0) is 9.59 Å². The highest BCUT2D eigenvalue weighted by atomic mass is 16.2. The molecule has 0 aromatic rings. The number of carbonyl (C=O) groups excluding carboxylic acids is 2. The Morgan fingerprint density at radius 1 is 1.21 bits per heavy atom. The van der Waals surface area contributed by atoms with Gasteiger partial charge in [-0.25, -0.2) is 0 Å². The first-order chi connectivity index (χ1) is 9.16. The summed E-state index contributed by atoms with van der Waals surface area (Å²) in [4.78, 5) is 25.6. The van der Waals surface area contributed by atoms with Crippen LogP contribution in [0.4, 0.5) is 0 Å². The van der Waals surface area contributed by atoms with Gasteiger partial charge in [-0.05, 0) is 39.0 Å². The molecule has 0 radical (unpaired) electrons. The molecule has 2 N–H and O–H groups in total. The smallest absolute Gasteiger partial charge is 0.237 e. The number of piperidine rings is 1. The topological polar surface area (TPSA) is 61.4 Å². The fourth-order valence-electron chi connectivity index (χ4n) is 2.34. The number of nitrogens with zero attached hydrogens (tertiary/aromatic N) is 1. The van der Waals surface area contributed by atoms with Crippen molar-refractivity contribution in [3.05, 3.63) is 0 Å². The maximum Gasteiger partial charge on any atom is 0.237 e. The second kappa shape index (κ2) is 6.89. The molecule has 108 valence electrons. The Labute approximate surface area is 115 Å². The second-order valence-electron chi connectivity index (χ2n) is 5.65. The minimum absolute atomic E-state index is 0.0490. The van der Waals surface area contributed by atoms with Crippen molar-refractivity contribution in [2.45, 2.75) is 57.5 Å². The van der Waals surface area contributed by atoms with Gasteiger partial charge in [-0.3, -0.25) is 9.59 Å². The van der Waals surface area contributed by atoms with E-state index in [-0.39, 0.29) is 17.9 Å². The zero-order chi connectivity index (χ0) is 13.7. The van der Waals surface area contributed by atoms with Crippen LogP contribution in [0.5, 0.6) is 0 Å². The molecule has 2 aliphatic rings. The van der Waals surface area contributed by atoms with Crippen LogP contribution in [0.1, 0.15) is 45.4 Å². The van der Waals surface area contributed by atoms with Gasteiger partial charge in [0.05, 0.1) is 6.04 Å². The monoisotopic (exact) mass is 267 g/mol.